The van der Waals surface area contributed by atoms with Gasteiger partial charge in [-0.05, 0) is 37.1 Å². The summed E-state index contributed by atoms with van der Waals surface area (Å²) >= 11 is 0. The van der Waals surface area contributed by atoms with E-state index < -0.39 is 33.9 Å². The number of aryl methyl sites for hydroxylation is 1. The number of nitrogens with one attached hydrogen (secondary N) is 1. The Morgan fingerprint density at radius 2 is 1.83 bits per heavy atom. The number of rotatable bonds is 7. The smallest absolute Gasteiger partial charge is 0.302 e. The molecule has 154 valence electrons. The molecule has 1 unspecified atom stereocenters. The zero-order valence-electron chi connectivity index (χ0n) is 16.4. The number of hydrogen-bond donors (Lipinski definition) is 2. The van der Waals surface area contributed by atoms with E-state index in [9.17, 15) is 25.3 Å². The van der Waals surface area contributed by atoms with Crippen molar-refractivity contribution in [3.8, 4) is 0 Å². The van der Waals surface area contributed by atoms with E-state index in [1.165, 1.54) is 6.92 Å². The largest absolute Gasteiger partial charge is 0.392 e. The fourth-order valence-electron chi connectivity index (χ4n) is 3.35. The van der Waals surface area contributed by atoms with Crippen LogP contribution in [0.2, 0.25) is 0 Å². The van der Waals surface area contributed by atoms with Gasteiger partial charge in [-0.15, -0.1) is 0 Å². The van der Waals surface area contributed by atoms with Gasteiger partial charge in [-0.25, -0.2) is 0 Å². The molecular weight excluding hydrogens is 388 g/mol. The molecule has 0 radical (unpaired) electrons. The third kappa shape index (κ3) is 4.11. The lowest BCUT2D eigenvalue weighted by Crippen LogP contribution is -2.17. The molecule has 1 heterocycles. The second kappa shape index (κ2) is 8.66. The summed E-state index contributed by atoms with van der Waals surface area (Å²) in [5.41, 5.74) is 1.41. The second-order valence-corrected chi connectivity index (χ2v) is 6.82. The van der Waals surface area contributed by atoms with Crippen LogP contribution >= 0.6 is 0 Å². The van der Waals surface area contributed by atoms with Crippen LogP contribution in [0.5, 0.6) is 0 Å². The number of nitrogens with zero attached hydrogens (tertiary/aromatic N) is 3. The number of aliphatic hydroxyl groups is 1. The number of benzene rings is 2. The molecule has 2 aromatic carbocycles. The third-order valence-corrected chi connectivity index (χ3v) is 4.84. The van der Waals surface area contributed by atoms with E-state index in [2.05, 4.69) is 10.3 Å². The summed E-state index contributed by atoms with van der Waals surface area (Å²) in [4.78, 5) is 26.5. The summed E-state index contributed by atoms with van der Waals surface area (Å²) < 4.78 is 0. The molecule has 9 nitrogen and oxygen atoms in total. The summed E-state index contributed by atoms with van der Waals surface area (Å²) in [7, 11) is 0. The number of nitro benzene ring substituents is 2. The first kappa shape index (κ1) is 20.9. The van der Waals surface area contributed by atoms with Crippen molar-refractivity contribution in [2.45, 2.75) is 26.5 Å². The molecule has 2 N–H and O–H groups in total. The van der Waals surface area contributed by atoms with Crippen molar-refractivity contribution in [1.29, 1.82) is 0 Å². The van der Waals surface area contributed by atoms with Crippen LogP contribution in [0.4, 0.5) is 17.1 Å². The Hall–Kier alpha value is -3.85. The molecule has 0 saturated heterocycles. The SMILES string of the molecule is Cc1cccc(C(Nc2c([N+](=O)[O-])cc(CO)c(C)c2[N+](=O)[O-])c2ccccn2)c1. The molecule has 1 atom stereocenters. The molecule has 0 amide bonds. The zero-order chi connectivity index (χ0) is 21.8. The fraction of sp³-hybridized carbons (Fsp3) is 0.190. The van der Waals surface area contributed by atoms with Crippen LogP contribution in [0.3, 0.4) is 0 Å². The minimum atomic E-state index is -0.695. The summed E-state index contributed by atoms with van der Waals surface area (Å²) in [5.74, 6) is 0. The third-order valence-electron chi connectivity index (χ3n) is 4.84. The molecule has 0 aliphatic heterocycles. The highest BCUT2D eigenvalue weighted by atomic mass is 16.6. The summed E-state index contributed by atoms with van der Waals surface area (Å²) in [6, 6.07) is 13.2. The number of pyridine rings is 1. The van der Waals surface area contributed by atoms with Gasteiger partial charge >= 0.3 is 5.69 Å². The Labute approximate surface area is 172 Å². The maximum absolute atomic E-state index is 11.8. The highest BCUT2D eigenvalue weighted by molar-refractivity contribution is 5.78. The van der Waals surface area contributed by atoms with Gasteiger partial charge in [0.25, 0.3) is 5.69 Å². The first-order valence-electron chi connectivity index (χ1n) is 9.13. The summed E-state index contributed by atoms with van der Waals surface area (Å²) in [6.07, 6.45) is 1.59. The molecule has 0 spiro atoms. The van der Waals surface area contributed by atoms with E-state index in [1.54, 1.807) is 24.4 Å². The van der Waals surface area contributed by atoms with Gasteiger partial charge in [0.05, 0.1) is 28.2 Å². The van der Waals surface area contributed by atoms with Crippen LogP contribution in [-0.4, -0.2) is 19.9 Å². The maximum atomic E-state index is 11.8. The van der Waals surface area contributed by atoms with Crippen molar-refractivity contribution in [2.24, 2.45) is 0 Å². The van der Waals surface area contributed by atoms with E-state index in [0.29, 0.717) is 5.69 Å². The predicted molar refractivity (Wildman–Crippen MR) is 111 cm³/mol. The van der Waals surface area contributed by atoms with E-state index in [0.717, 1.165) is 17.2 Å². The highest BCUT2D eigenvalue weighted by Gasteiger charge is 2.32. The normalized spacial score (nSPS) is 11.7. The van der Waals surface area contributed by atoms with Gasteiger partial charge in [0.15, 0.2) is 5.69 Å². The van der Waals surface area contributed by atoms with Gasteiger partial charge in [-0.1, -0.05) is 35.9 Å². The quantitative estimate of drug-likeness (QED) is 0.442. The lowest BCUT2D eigenvalue weighted by molar-refractivity contribution is -0.392. The Bertz CT molecular complexity index is 1100. The molecule has 9 heteroatoms. The van der Waals surface area contributed by atoms with Crippen LogP contribution in [-0.2, 0) is 6.61 Å². The van der Waals surface area contributed by atoms with E-state index >= 15 is 0 Å². The molecule has 3 aromatic rings. The topological polar surface area (TPSA) is 131 Å². The Kier molecular flexibility index (Phi) is 6.03. The Morgan fingerprint density at radius 1 is 1.07 bits per heavy atom. The fourth-order valence-corrected chi connectivity index (χ4v) is 3.35. The van der Waals surface area contributed by atoms with Gasteiger partial charge in [0, 0.05) is 17.8 Å². The van der Waals surface area contributed by atoms with Crippen molar-refractivity contribution in [3.05, 3.63) is 103 Å². The second-order valence-electron chi connectivity index (χ2n) is 6.82. The first-order valence-corrected chi connectivity index (χ1v) is 9.13. The lowest BCUT2D eigenvalue weighted by Gasteiger charge is -2.21. The summed E-state index contributed by atoms with van der Waals surface area (Å²) in [5, 5.41) is 36.1. The minimum Gasteiger partial charge on any atom is -0.392 e. The van der Waals surface area contributed by atoms with Crippen molar-refractivity contribution in [3.63, 3.8) is 0 Å². The van der Waals surface area contributed by atoms with Gasteiger partial charge in [-0.3, -0.25) is 25.2 Å². The lowest BCUT2D eigenvalue weighted by atomic mass is 9.98. The number of aliphatic hydroxyl groups excluding tert-OH is 1. The van der Waals surface area contributed by atoms with Crippen molar-refractivity contribution in [1.82, 2.24) is 4.98 Å². The minimum absolute atomic E-state index is 0.129. The molecule has 0 saturated carbocycles. The highest BCUT2D eigenvalue weighted by Crippen LogP contribution is 2.42. The number of aromatic nitrogens is 1. The molecule has 0 bridgehead atoms. The molecule has 0 fully saturated rings. The average Bonchev–Trinajstić information content (AvgIpc) is 2.72. The van der Waals surface area contributed by atoms with E-state index in [-0.39, 0.29) is 16.8 Å². The Morgan fingerprint density at radius 3 is 2.40 bits per heavy atom. The number of anilines is 1. The van der Waals surface area contributed by atoms with Gasteiger partial charge < -0.3 is 10.4 Å². The Balaban J connectivity index is 2.25. The predicted octanol–water partition coefficient (Wildman–Crippen LogP) is 4.21. The molecule has 1 aromatic heterocycles. The van der Waals surface area contributed by atoms with Gasteiger partial charge in [-0.2, -0.15) is 0 Å². The van der Waals surface area contributed by atoms with Gasteiger partial charge in [0.1, 0.15) is 0 Å². The van der Waals surface area contributed by atoms with Crippen LogP contribution in [0.1, 0.15) is 34.0 Å². The molecule has 0 aliphatic rings. The summed E-state index contributed by atoms with van der Waals surface area (Å²) in [6.45, 7) is 2.82. The van der Waals surface area contributed by atoms with Crippen LogP contribution in [0, 0.1) is 34.1 Å². The van der Waals surface area contributed by atoms with Crippen LogP contribution in [0.15, 0.2) is 54.7 Å². The zero-order valence-corrected chi connectivity index (χ0v) is 16.4. The molecular formula is C21H20N4O5. The number of nitro groups is 2. The number of hydrogen-bond acceptors (Lipinski definition) is 7. The molecule has 0 aliphatic carbocycles. The van der Waals surface area contributed by atoms with Crippen LogP contribution in [0.25, 0.3) is 0 Å². The van der Waals surface area contributed by atoms with E-state index in [4.69, 9.17) is 0 Å². The molecule has 3 rings (SSSR count). The average molecular weight is 408 g/mol. The maximum Gasteiger partial charge on any atom is 0.302 e. The monoisotopic (exact) mass is 408 g/mol. The van der Waals surface area contributed by atoms with Crippen molar-refractivity contribution < 1.29 is 15.0 Å². The standard InChI is InChI=1S/C21H20N4O5/c1-13-6-5-7-15(10-13)19(17-8-3-4-9-22-17)23-20-18(24(27)28)11-16(12-26)14(2)21(20)25(29)30/h3-11,19,23,26H,12H2,1-2H3. The van der Waals surface area contributed by atoms with Crippen molar-refractivity contribution in [2.75, 3.05) is 5.32 Å². The van der Waals surface area contributed by atoms with Gasteiger partial charge in [0.2, 0.25) is 0 Å². The van der Waals surface area contributed by atoms with E-state index in [1.807, 2.05) is 31.2 Å². The van der Waals surface area contributed by atoms with Crippen LogP contribution < -0.4 is 5.32 Å². The molecule has 30 heavy (non-hydrogen) atoms. The first-order chi connectivity index (χ1) is 14.3. The van der Waals surface area contributed by atoms with Crippen molar-refractivity contribution >= 4 is 17.1 Å².